The first-order chi connectivity index (χ1) is 6.22. The number of methoxy groups -OCH3 is 1. The van der Waals surface area contributed by atoms with E-state index in [0.29, 0.717) is 6.42 Å². The lowest BCUT2D eigenvalue weighted by molar-refractivity contribution is -0.140. The van der Waals surface area contributed by atoms with E-state index < -0.39 is 0 Å². The molecule has 1 aliphatic heterocycles. The highest BCUT2D eigenvalue weighted by Gasteiger charge is 2.19. The van der Waals surface area contributed by atoms with Crippen molar-refractivity contribution in [3.63, 3.8) is 0 Å². The lowest BCUT2D eigenvalue weighted by atomic mass is 9.98. The van der Waals surface area contributed by atoms with Crippen LogP contribution < -0.4 is 5.32 Å². The van der Waals surface area contributed by atoms with E-state index in [1.165, 1.54) is 7.11 Å². The zero-order chi connectivity index (χ0) is 9.68. The first-order valence-corrected chi connectivity index (χ1v) is 4.70. The van der Waals surface area contributed by atoms with Gasteiger partial charge in [-0.25, -0.2) is 0 Å². The van der Waals surface area contributed by atoms with Crippen molar-refractivity contribution in [3.8, 4) is 0 Å². The lowest BCUT2D eigenvalue weighted by Crippen LogP contribution is -2.40. The Balaban J connectivity index is 2.17. The first kappa shape index (κ1) is 10.5. The average Bonchev–Trinajstić information content (AvgIpc) is 2.14. The van der Waals surface area contributed by atoms with Gasteiger partial charge >= 0.3 is 5.97 Å². The summed E-state index contributed by atoms with van der Waals surface area (Å²) >= 11 is 0. The molecule has 13 heavy (non-hydrogen) atoms. The number of ether oxygens (including phenoxy) is 1. The number of nitrogens with one attached hydrogen (secondary N) is 1. The fourth-order valence-corrected chi connectivity index (χ4v) is 1.60. The van der Waals surface area contributed by atoms with Crippen LogP contribution in [0.15, 0.2) is 0 Å². The number of rotatable bonds is 3. The molecule has 0 aromatic carbocycles. The second-order valence-corrected chi connectivity index (χ2v) is 3.44. The Kier molecular flexibility index (Phi) is 4.18. The monoisotopic (exact) mass is 187 g/mol. The molecule has 0 aromatic rings. The fourth-order valence-electron chi connectivity index (χ4n) is 1.60. The molecule has 76 valence electrons. The van der Waals surface area contributed by atoms with E-state index in [1.807, 2.05) is 0 Å². The molecule has 2 N–H and O–H groups in total. The van der Waals surface area contributed by atoms with Gasteiger partial charge in [-0.3, -0.25) is 4.79 Å². The van der Waals surface area contributed by atoms with Gasteiger partial charge in [0.2, 0.25) is 0 Å². The molecule has 0 radical (unpaired) electrons. The van der Waals surface area contributed by atoms with E-state index in [1.54, 1.807) is 0 Å². The van der Waals surface area contributed by atoms with Crippen molar-refractivity contribution in [2.75, 3.05) is 13.7 Å². The van der Waals surface area contributed by atoms with Gasteiger partial charge in [-0.15, -0.1) is 0 Å². The van der Waals surface area contributed by atoms with Gasteiger partial charge in [0.1, 0.15) is 0 Å². The third-order valence-corrected chi connectivity index (χ3v) is 2.39. The van der Waals surface area contributed by atoms with E-state index in [2.05, 4.69) is 10.1 Å². The van der Waals surface area contributed by atoms with Gasteiger partial charge in [-0.2, -0.15) is 0 Å². The van der Waals surface area contributed by atoms with Gasteiger partial charge in [-0.1, -0.05) is 0 Å². The molecule has 0 amide bonds. The average molecular weight is 187 g/mol. The Morgan fingerprint density at radius 1 is 1.69 bits per heavy atom. The Hall–Kier alpha value is -0.610. The summed E-state index contributed by atoms with van der Waals surface area (Å²) in [5, 5.41) is 12.6. The molecule has 1 saturated heterocycles. The van der Waals surface area contributed by atoms with Crippen molar-refractivity contribution in [1.29, 1.82) is 0 Å². The molecule has 0 spiro atoms. The van der Waals surface area contributed by atoms with Crippen LogP contribution in [0.2, 0.25) is 0 Å². The smallest absolute Gasteiger partial charge is 0.305 e. The van der Waals surface area contributed by atoms with Crippen molar-refractivity contribution in [3.05, 3.63) is 0 Å². The van der Waals surface area contributed by atoms with Crippen LogP contribution in [0.5, 0.6) is 0 Å². The summed E-state index contributed by atoms with van der Waals surface area (Å²) in [6, 6.07) is 0.267. The Bertz CT molecular complexity index is 172. The van der Waals surface area contributed by atoms with Gasteiger partial charge in [0.05, 0.1) is 13.2 Å². The maximum Gasteiger partial charge on any atom is 0.305 e. The van der Waals surface area contributed by atoms with Crippen LogP contribution >= 0.6 is 0 Å². The van der Waals surface area contributed by atoms with Crippen LogP contribution in [-0.4, -0.2) is 36.9 Å². The summed E-state index contributed by atoms with van der Waals surface area (Å²) in [5.41, 5.74) is 0. The molecule has 1 fully saturated rings. The second kappa shape index (κ2) is 5.19. The predicted molar refractivity (Wildman–Crippen MR) is 48.3 cm³/mol. The van der Waals surface area contributed by atoms with Gasteiger partial charge < -0.3 is 15.2 Å². The van der Waals surface area contributed by atoms with E-state index in [4.69, 9.17) is 0 Å². The van der Waals surface area contributed by atoms with Crippen LogP contribution in [0.3, 0.4) is 0 Å². The molecular weight excluding hydrogens is 170 g/mol. The minimum Gasteiger partial charge on any atom is -0.469 e. The van der Waals surface area contributed by atoms with Crippen LogP contribution in [0.1, 0.15) is 25.7 Å². The second-order valence-electron chi connectivity index (χ2n) is 3.44. The molecule has 0 aromatic heterocycles. The Labute approximate surface area is 78.3 Å². The normalized spacial score (nSPS) is 28.5. The molecule has 0 saturated carbocycles. The largest absolute Gasteiger partial charge is 0.469 e. The first-order valence-electron chi connectivity index (χ1n) is 4.70. The standard InChI is InChI=1S/C9H17NO3/c1-13-9(12)3-2-7-6-8(11)4-5-10-7/h7-8,10-11H,2-6H2,1H3. The van der Waals surface area contributed by atoms with Crippen LogP contribution in [0.25, 0.3) is 0 Å². The zero-order valence-corrected chi connectivity index (χ0v) is 7.95. The maximum absolute atomic E-state index is 10.8. The number of hydrogen-bond acceptors (Lipinski definition) is 4. The van der Waals surface area contributed by atoms with Crippen molar-refractivity contribution < 1.29 is 14.6 Å². The highest BCUT2D eigenvalue weighted by molar-refractivity contribution is 5.69. The summed E-state index contributed by atoms with van der Waals surface area (Å²) in [7, 11) is 1.39. The summed E-state index contributed by atoms with van der Waals surface area (Å²) in [6.45, 7) is 0.840. The molecule has 2 atom stereocenters. The third-order valence-electron chi connectivity index (χ3n) is 2.39. The van der Waals surface area contributed by atoms with Gasteiger partial charge in [0.25, 0.3) is 0 Å². The number of aliphatic hydroxyl groups is 1. The van der Waals surface area contributed by atoms with Crippen LogP contribution in [0.4, 0.5) is 0 Å². The van der Waals surface area contributed by atoms with E-state index in [9.17, 15) is 9.90 Å². The highest BCUT2D eigenvalue weighted by atomic mass is 16.5. The molecule has 2 unspecified atom stereocenters. The summed E-state index contributed by atoms with van der Waals surface area (Å²) < 4.78 is 4.54. The maximum atomic E-state index is 10.8. The Morgan fingerprint density at radius 2 is 2.46 bits per heavy atom. The minimum atomic E-state index is -0.205. The van der Waals surface area contributed by atoms with Gasteiger partial charge in [0, 0.05) is 12.5 Å². The van der Waals surface area contributed by atoms with Crippen molar-refractivity contribution in [1.82, 2.24) is 5.32 Å². The van der Waals surface area contributed by atoms with E-state index in [0.717, 1.165) is 25.8 Å². The lowest BCUT2D eigenvalue weighted by Gasteiger charge is -2.26. The van der Waals surface area contributed by atoms with Crippen molar-refractivity contribution >= 4 is 5.97 Å². The SMILES string of the molecule is COC(=O)CCC1CC(O)CCN1. The molecule has 1 rings (SSSR count). The molecule has 0 bridgehead atoms. The number of esters is 1. The predicted octanol–water partition coefficient (Wildman–Crippen LogP) is 0.0525. The number of piperidine rings is 1. The zero-order valence-electron chi connectivity index (χ0n) is 7.95. The molecule has 1 aliphatic rings. The number of aliphatic hydroxyl groups excluding tert-OH is 1. The summed E-state index contributed by atoms with van der Waals surface area (Å²) in [5.74, 6) is -0.179. The molecule has 0 aliphatic carbocycles. The van der Waals surface area contributed by atoms with Crippen LogP contribution in [0, 0.1) is 0 Å². The number of carbonyl (C=O) groups is 1. The van der Waals surface area contributed by atoms with E-state index >= 15 is 0 Å². The topological polar surface area (TPSA) is 58.6 Å². The molecular formula is C9H17NO3. The minimum absolute atomic E-state index is 0.179. The molecule has 4 heteroatoms. The quantitative estimate of drug-likeness (QED) is 0.613. The molecule has 4 nitrogen and oxygen atoms in total. The van der Waals surface area contributed by atoms with Crippen molar-refractivity contribution in [2.24, 2.45) is 0 Å². The van der Waals surface area contributed by atoms with Crippen LogP contribution in [-0.2, 0) is 9.53 Å². The fraction of sp³-hybridized carbons (Fsp3) is 0.889. The molecule has 1 heterocycles. The van der Waals surface area contributed by atoms with Gasteiger partial charge in [-0.05, 0) is 25.8 Å². The summed E-state index contributed by atoms with van der Waals surface area (Å²) in [4.78, 5) is 10.8. The third kappa shape index (κ3) is 3.74. The van der Waals surface area contributed by atoms with Gasteiger partial charge in [0.15, 0.2) is 0 Å². The highest BCUT2D eigenvalue weighted by Crippen LogP contribution is 2.12. The summed E-state index contributed by atoms with van der Waals surface area (Å²) in [6.07, 6.45) is 2.54. The number of carbonyl (C=O) groups excluding carboxylic acids is 1. The van der Waals surface area contributed by atoms with Crippen molar-refractivity contribution in [2.45, 2.75) is 37.8 Å². The number of hydrogen-bond donors (Lipinski definition) is 2. The van der Waals surface area contributed by atoms with E-state index in [-0.39, 0.29) is 18.1 Å². The Morgan fingerprint density at radius 3 is 3.08 bits per heavy atom.